The average Bonchev–Trinajstić information content (AvgIpc) is 2.75. The number of hydrogen-bond donors (Lipinski definition) is 2. The first-order chi connectivity index (χ1) is 8.46. The summed E-state index contributed by atoms with van der Waals surface area (Å²) in [5.41, 5.74) is 3.43. The van der Waals surface area contributed by atoms with Gasteiger partial charge in [-0.05, 0) is 39.3 Å². The number of H-pyrrole nitrogens is 1. The third-order valence-corrected chi connectivity index (χ3v) is 2.71. The lowest BCUT2D eigenvalue weighted by atomic mass is 10.1. The predicted octanol–water partition coefficient (Wildman–Crippen LogP) is 2.67. The fraction of sp³-hybridized carbons (Fsp3) is 0.429. The highest BCUT2D eigenvalue weighted by Crippen LogP contribution is 2.18. The number of hydrogen-bond acceptors (Lipinski definition) is 3. The lowest BCUT2D eigenvalue weighted by molar-refractivity contribution is 0.422. The van der Waals surface area contributed by atoms with Crippen LogP contribution >= 0.6 is 0 Å². The summed E-state index contributed by atoms with van der Waals surface area (Å²) in [5.74, 6) is 0.903. The van der Waals surface area contributed by atoms with Crippen LogP contribution in [0.25, 0.3) is 11.4 Å². The summed E-state index contributed by atoms with van der Waals surface area (Å²) in [7, 11) is 0. The van der Waals surface area contributed by atoms with Crippen LogP contribution in [-0.4, -0.2) is 20.5 Å². The Morgan fingerprint density at radius 2 is 2.06 bits per heavy atom. The van der Waals surface area contributed by atoms with E-state index in [0.717, 1.165) is 29.2 Å². The zero-order valence-corrected chi connectivity index (χ0v) is 11.4. The first kappa shape index (κ1) is 12.8. The molecule has 0 radical (unpaired) electrons. The van der Waals surface area contributed by atoms with Crippen LogP contribution in [0.5, 0.6) is 0 Å². The highest BCUT2D eigenvalue weighted by atomic mass is 15.0. The van der Waals surface area contributed by atoms with Gasteiger partial charge < -0.3 is 10.3 Å². The van der Waals surface area contributed by atoms with Crippen LogP contribution < -0.4 is 5.32 Å². The molecule has 0 unspecified atom stereocenters. The number of aryl methyl sites for hydroxylation is 1. The molecule has 0 saturated heterocycles. The Balaban J connectivity index is 2.14. The average molecular weight is 244 g/mol. The third-order valence-electron chi connectivity index (χ3n) is 2.71. The minimum atomic E-state index is 0.109. The van der Waals surface area contributed by atoms with Crippen molar-refractivity contribution in [2.45, 2.75) is 39.8 Å². The minimum Gasteiger partial charge on any atom is -0.341 e. The molecule has 0 saturated carbocycles. The van der Waals surface area contributed by atoms with E-state index in [-0.39, 0.29) is 5.54 Å². The number of nitrogens with one attached hydrogen (secondary N) is 2. The molecule has 2 heterocycles. The number of rotatable bonds is 3. The van der Waals surface area contributed by atoms with E-state index in [1.54, 1.807) is 6.20 Å². The van der Waals surface area contributed by atoms with Gasteiger partial charge in [0.2, 0.25) is 0 Å². The topological polar surface area (TPSA) is 53.6 Å². The lowest BCUT2D eigenvalue weighted by Crippen LogP contribution is -2.35. The Hall–Kier alpha value is -1.68. The maximum Gasteiger partial charge on any atom is 0.137 e. The number of nitrogens with zero attached hydrogens (tertiary/aromatic N) is 2. The van der Waals surface area contributed by atoms with Crippen LogP contribution in [0, 0.1) is 6.92 Å². The van der Waals surface area contributed by atoms with Crippen LogP contribution in [-0.2, 0) is 6.54 Å². The van der Waals surface area contributed by atoms with Gasteiger partial charge in [0.05, 0.1) is 0 Å². The van der Waals surface area contributed by atoms with Crippen molar-refractivity contribution in [2.75, 3.05) is 0 Å². The van der Waals surface area contributed by atoms with E-state index in [2.05, 4.69) is 41.0 Å². The van der Waals surface area contributed by atoms with Crippen LogP contribution in [0.15, 0.2) is 24.7 Å². The van der Waals surface area contributed by atoms with Gasteiger partial charge in [0.15, 0.2) is 0 Å². The second-order valence-electron chi connectivity index (χ2n) is 5.55. The summed E-state index contributed by atoms with van der Waals surface area (Å²) >= 11 is 0. The van der Waals surface area contributed by atoms with E-state index < -0.39 is 0 Å². The summed E-state index contributed by atoms with van der Waals surface area (Å²) in [5, 5.41) is 3.43. The molecule has 0 aromatic carbocycles. The van der Waals surface area contributed by atoms with Crippen molar-refractivity contribution >= 4 is 0 Å². The van der Waals surface area contributed by atoms with Gasteiger partial charge in [0.1, 0.15) is 5.82 Å². The summed E-state index contributed by atoms with van der Waals surface area (Å²) < 4.78 is 0. The van der Waals surface area contributed by atoms with Gasteiger partial charge in [0, 0.05) is 41.9 Å². The van der Waals surface area contributed by atoms with Gasteiger partial charge in [-0.3, -0.25) is 4.98 Å². The Bertz CT molecular complexity index is 523. The molecule has 0 atom stereocenters. The molecule has 0 amide bonds. The molecule has 4 nitrogen and oxygen atoms in total. The Morgan fingerprint density at radius 3 is 2.72 bits per heavy atom. The molecule has 0 bridgehead atoms. The molecule has 18 heavy (non-hydrogen) atoms. The third kappa shape index (κ3) is 3.17. The number of imidazole rings is 1. The molecule has 2 aromatic heterocycles. The second-order valence-corrected chi connectivity index (χ2v) is 5.55. The number of aromatic amines is 1. The van der Waals surface area contributed by atoms with Gasteiger partial charge in [-0.15, -0.1) is 0 Å². The zero-order chi connectivity index (χ0) is 13.2. The molecule has 0 aliphatic heterocycles. The fourth-order valence-electron chi connectivity index (χ4n) is 1.69. The minimum absolute atomic E-state index is 0.109. The molecule has 2 aromatic rings. The van der Waals surface area contributed by atoms with Gasteiger partial charge in [-0.25, -0.2) is 4.98 Å². The van der Waals surface area contributed by atoms with Crippen molar-refractivity contribution in [3.63, 3.8) is 0 Å². The van der Waals surface area contributed by atoms with Crippen LogP contribution in [0.4, 0.5) is 0 Å². The molecular weight excluding hydrogens is 224 g/mol. The second kappa shape index (κ2) is 4.90. The van der Waals surface area contributed by atoms with Crippen molar-refractivity contribution in [1.82, 2.24) is 20.3 Å². The molecule has 0 spiro atoms. The smallest absolute Gasteiger partial charge is 0.137 e. The normalized spacial score (nSPS) is 11.8. The molecule has 0 aliphatic rings. The maximum atomic E-state index is 4.42. The highest BCUT2D eigenvalue weighted by Gasteiger charge is 2.10. The SMILES string of the molecule is Cc1cnccc1-c1ncc(CNC(C)(C)C)[nH]1. The maximum absolute atomic E-state index is 4.42. The molecule has 2 N–H and O–H groups in total. The van der Waals surface area contributed by atoms with Gasteiger partial charge in [-0.2, -0.15) is 0 Å². The van der Waals surface area contributed by atoms with Gasteiger partial charge in [-0.1, -0.05) is 0 Å². The molecule has 96 valence electrons. The summed E-state index contributed by atoms with van der Waals surface area (Å²) in [6, 6.07) is 1.98. The lowest BCUT2D eigenvalue weighted by Gasteiger charge is -2.19. The fourth-order valence-corrected chi connectivity index (χ4v) is 1.69. The molecular formula is C14H20N4. The van der Waals surface area contributed by atoms with E-state index in [0.29, 0.717) is 0 Å². The molecule has 0 aliphatic carbocycles. The van der Waals surface area contributed by atoms with E-state index in [1.165, 1.54) is 0 Å². The van der Waals surface area contributed by atoms with Crippen LogP contribution in [0.1, 0.15) is 32.0 Å². The Kier molecular flexibility index (Phi) is 3.48. The quantitative estimate of drug-likeness (QED) is 0.872. The van der Waals surface area contributed by atoms with Crippen molar-refractivity contribution in [3.05, 3.63) is 35.9 Å². The van der Waals surface area contributed by atoms with Crippen LogP contribution in [0.2, 0.25) is 0 Å². The van der Waals surface area contributed by atoms with Crippen molar-refractivity contribution in [1.29, 1.82) is 0 Å². The van der Waals surface area contributed by atoms with Crippen molar-refractivity contribution in [2.24, 2.45) is 0 Å². The standard InChI is InChI=1S/C14H20N4/c1-10-7-15-6-5-12(10)13-16-8-11(18-13)9-17-14(2,3)4/h5-8,17H,9H2,1-4H3,(H,16,18). The number of aromatic nitrogens is 3. The summed E-state index contributed by atoms with van der Waals surface area (Å²) in [6.45, 7) is 9.28. The summed E-state index contributed by atoms with van der Waals surface area (Å²) in [4.78, 5) is 11.9. The van der Waals surface area contributed by atoms with E-state index >= 15 is 0 Å². The largest absolute Gasteiger partial charge is 0.341 e. The molecule has 4 heteroatoms. The van der Waals surface area contributed by atoms with Crippen molar-refractivity contribution < 1.29 is 0 Å². The number of pyridine rings is 1. The molecule has 0 fully saturated rings. The Morgan fingerprint density at radius 1 is 1.28 bits per heavy atom. The summed E-state index contributed by atoms with van der Waals surface area (Å²) in [6.07, 6.45) is 5.52. The first-order valence-electron chi connectivity index (χ1n) is 6.15. The highest BCUT2D eigenvalue weighted by molar-refractivity contribution is 5.58. The van der Waals surface area contributed by atoms with E-state index in [4.69, 9.17) is 0 Å². The van der Waals surface area contributed by atoms with Gasteiger partial charge in [0.25, 0.3) is 0 Å². The van der Waals surface area contributed by atoms with Crippen LogP contribution in [0.3, 0.4) is 0 Å². The first-order valence-corrected chi connectivity index (χ1v) is 6.15. The monoisotopic (exact) mass is 244 g/mol. The zero-order valence-electron chi connectivity index (χ0n) is 11.4. The van der Waals surface area contributed by atoms with E-state index in [1.807, 2.05) is 25.4 Å². The van der Waals surface area contributed by atoms with Gasteiger partial charge >= 0.3 is 0 Å². The van der Waals surface area contributed by atoms with E-state index in [9.17, 15) is 0 Å². The molecule has 2 rings (SSSR count). The predicted molar refractivity (Wildman–Crippen MR) is 73.1 cm³/mol. The Labute approximate surface area is 108 Å². The van der Waals surface area contributed by atoms with Crippen molar-refractivity contribution in [3.8, 4) is 11.4 Å².